The molecule has 0 unspecified atom stereocenters. The zero-order chi connectivity index (χ0) is 14.2. The highest BCUT2D eigenvalue weighted by atomic mass is 32.2. The van der Waals surface area contributed by atoms with E-state index in [0.717, 1.165) is 38.8 Å². The maximum absolute atomic E-state index is 12.7. The van der Waals surface area contributed by atoms with E-state index in [0.29, 0.717) is 19.2 Å². The molecule has 3 aliphatic heterocycles. The molecule has 3 heterocycles. The molecule has 0 aliphatic carbocycles. The predicted octanol–water partition coefficient (Wildman–Crippen LogP) is 1.05. The molecule has 0 amide bonds. The van der Waals surface area contributed by atoms with E-state index in [9.17, 15) is 8.42 Å². The van der Waals surface area contributed by atoms with Gasteiger partial charge in [-0.15, -0.1) is 0 Å². The van der Waals surface area contributed by atoms with Crippen LogP contribution in [0.1, 0.15) is 39.0 Å². The SMILES string of the molecule is C[C@@H]1CN2CCC[C@H]2CN1S(=O)(=O)C[C@H]1CCCCO1. The van der Waals surface area contributed by atoms with E-state index in [1.165, 1.54) is 6.42 Å². The summed E-state index contributed by atoms with van der Waals surface area (Å²) in [6.07, 6.45) is 5.29. The topological polar surface area (TPSA) is 49.9 Å². The van der Waals surface area contributed by atoms with Crippen LogP contribution in [-0.4, -0.2) is 67.8 Å². The van der Waals surface area contributed by atoms with Crippen molar-refractivity contribution in [2.45, 2.75) is 57.2 Å². The van der Waals surface area contributed by atoms with Crippen molar-refractivity contribution in [2.24, 2.45) is 0 Å². The second kappa shape index (κ2) is 5.91. The van der Waals surface area contributed by atoms with Gasteiger partial charge in [-0.3, -0.25) is 4.90 Å². The fourth-order valence-corrected chi connectivity index (χ4v) is 5.76. The average Bonchev–Trinajstić information content (AvgIpc) is 2.85. The zero-order valence-corrected chi connectivity index (χ0v) is 13.1. The number of sulfonamides is 1. The van der Waals surface area contributed by atoms with Crippen molar-refractivity contribution < 1.29 is 13.2 Å². The Hall–Kier alpha value is -0.170. The lowest BCUT2D eigenvalue weighted by molar-refractivity contribution is 0.0289. The minimum atomic E-state index is -3.19. The van der Waals surface area contributed by atoms with Gasteiger partial charge < -0.3 is 4.74 Å². The van der Waals surface area contributed by atoms with Gasteiger partial charge in [-0.25, -0.2) is 8.42 Å². The summed E-state index contributed by atoms with van der Waals surface area (Å²) >= 11 is 0. The van der Waals surface area contributed by atoms with E-state index >= 15 is 0 Å². The first-order valence-corrected chi connectivity index (χ1v) is 9.52. The van der Waals surface area contributed by atoms with Crippen LogP contribution in [0.25, 0.3) is 0 Å². The number of ether oxygens (including phenoxy) is 1. The lowest BCUT2D eigenvalue weighted by Crippen LogP contribution is -2.57. The van der Waals surface area contributed by atoms with Gasteiger partial charge in [0.05, 0.1) is 11.9 Å². The second-order valence-electron chi connectivity index (χ2n) is 6.48. The van der Waals surface area contributed by atoms with Gasteiger partial charge in [-0.1, -0.05) is 0 Å². The molecule has 0 aromatic carbocycles. The summed E-state index contributed by atoms with van der Waals surface area (Å²) in [7, 11) is -3.19. The van der Waals surface area contributed by atoms with Crippen LogP contribution in [-0.2, 0) is 14.8 Å². The van der Waals surface area contributed by atoms with Crippen molar-refractivity contribution in [3.63, 3.8) is 0 Å². The van der Waals surface area contributed by atoms with E-state index in [1.807, 2.05) is 6.92 Å². The summed E-state index contributed by atoms with van der Waals surface area (Å²) in [5.74, 6) is 0.171. The van der Waals surface area contributed by atoms with Gasteiger partial charge in [0.2, 0.25) is 10.0 Å². The highest BCUT2D eigenvalue weighted by Crippen LogP contribution is 2.27. The molecule has 5 nitrogen and oxygen atoms in total. The first kappa shape index (κ1) is 14.8. The number of fused-ring (bicyclic) bond motifs is 1. The highest BCUT2D eigenvalue weighted by Gasteiger charge is 2.40. The first-order valence-electron chi connectivity index (χ1n) is 7.91. The molecular formula is C14H26N2O3S. The number of hydrogen-bond donors (Lipinski definition) is 0. The maximum atomic E-state index is 12.7. The minimum absolute atomic E-state index is 0.0949. The van der Waals surface area contributed by atoms with Crippen LogP contribution in [0, 0.1) is 0 Å². The van der Waals surface area contributed by atoms with Crippen molar-refractivity contribution in [1.82, 2.24) is 9.21 Å². The minimum Gasteiger partial charge on any atom is -0.377 e. The van der Waals surface area contributed by atoms with E-state index in [1.54, 1.807) is 4.31 Å². The largest absolute Gasteiger partial charge is 0.377 e. The average molecular weight is 302 g/mol. The third-order valence-corrected chi connectivity index (χ3v) is 6.92. The quantitative estimate of drug-likeness (QED) is 0.782. The lowest BCUT2D eigenvalue weighted by Gasteiger charge is -2.41. The molecule has 6 heteroatoms. The van der Waals surface area contributed by atoms with Crippen molar-refractivity contribution in [1.29, 1.82) is 0 Å². The molecule has 3 fully saturated rings. The van der Waals surface area contributed by atoms with Gasteiger partial charge in [-0.2, -0.15) is 4.31 Å². The Bertz CT molecular complexity index is 434. The summed E-state index contributed by atoms with van der Waals surface area (Å²) in [4.78, 5) is 2.45. The molecule has 0 spiro atoms. The van der Waals surface area contributed by atoms with Crippen LogP contribution in [0.5, 0.6) is 0 Å². The molecule has 0 bridgehead atoms. The van der Waals surface area contributed by atoms with Gasteiger partial charge in [0, 0.05) is 31.8 Å². The fraction of sp³-hybridized carbons (Fsp3) is 1.00. The maximum Gasteiger partial charge on any atom is 0.217 e. The van der Waals surface area contributed by atoms with Gasteiger partial charge >= 0.3 is 0 Å². The molecule has 116 valence electrons. The number of nitrogens with zero attached hydrogens (tertiary/aromatic N) is 2. The van der Waals surface area contributed by atoms with E-state index in [2.05, 4.69) is 4.90 Å². The molecule has 0 aromatic rings. The smallest absolute Gasteiger partial charge is 0.217 e. The molecular weight excluding hydrogens is 276 g/mol. The van der Waals surface area contributed by atoms with Crippen molar-refractivity contribution in [2.75, 3.05) is 32.0 Å². The van der Waals surface area contributed by atoms with Crippen molar-refractivity contribution in [3.05, 3.63) is 0 Å². The number of rotatable bonds is 3. The van der Waals surface area contributed by atoms with Gasteiger partial charge in [-0.05, 0) is 45.6 Å². The Morgan fingerprint density at radius 3 is 2.75 bits per heavy atom. The van der Waals surface area contributed by atoms with Crippen LogP contribution >= 0.6 is 0 Å². The summed E-state index contributed by atoms with van der Waals surface area (Å²) in [6, 6.07) is 0.534. The molecule has 3 aliphatic rings. The molecule has 3 rings (SSSR count). The summed E-state index contributed by atoms with van der Waals surface area (Å²) < 4.78 is 32.7. The second-order valence-corrected chi connectivity index (χ2v) is 8.44. The summed E-state index contributed by atoms with van der Waals surface area (Å²) in [5, 5.41) is 0. The van der Waals surface area contributed by atoms with Crippen molar-refractivity contribution in [3.8, 4) is 0 Å². The molecule has 0 radical (unpaired) electrons. The highest BCUT2D eigenvalue weighted by molar-refractivity contribution is 7.89. The third kappa shape index (κ3) is 3.03. The summed E-state index contributed by atoms with van der Waals surface area (Å²) in [5.41, 5.74) is 0. The van der Waals surface area contributed by atoms with E-state index in [4.69, 9.17) is 4.74 Å². The first-order chi connectivity index (χ1) is 9.56. The Kier molecular flexibility index (Phi) is 4.36. The Morgan fingerprint density at radius 1 is 1.15 bits per heavy atom. The molecule has 0 aromatic heterocycles. The molecule has 3 saturated heterocycles. The van der Waals surface area contributed by atoms with Crippen molar-refractivity contribution >= 4 is 10.0 Å². The number of piperazine rings is 1. The van der Waals surface area contributed by atoms with E-state index in [-0.39, 0.29) is 17.9 Å². The Morgan fingerprint density at radius 2 is 2.00 bits per heavy atom. The third-order valence-electron chi connectivity index (χ3n) is 4.91. The Labute approximate surface area is 122 Å². The van der Waals surface area contributed by atoms with Gasteiger partial charge in [0.1, 0.15) is 0 Å². The standard InChI is InChI=1S/C14H26N2O3S/c1-12-9-15-7-4-5-13(15)10-16(12)20(17,18)11-14-6-2-3-8-19-14/h12-14H,2-11H2,1H3/t12-,13+,14-/m1/s1. The predicted molar refractivity (Wildman–Crippen MR) is 78.1 cm³/mol. The molecule has 0 N–H and O–H groups in total. The van der Waals surface area contributed by atoms with Crippen LogP contribution in [0.4, 0.5) is 0 Å². The molecule has 20 heavy (non-hydrogen) atoms. The zero-order valence-electron chi connectivity index (χ0n) is 12.3. The number of hydrogen-bond acceptors (Lipinski definition) is 4. The summed E-state index contributed by atoms with van der Waals surface area (Å²) in [6.45, 7) is 5.44. The van der Waals surface area contributed by atoms with Crippen LogP contribution < -0.4 is 0 Å². The lowest BCUT2D eigenvalue weighted by atomic mass is 10.1. The van der Waals surface area contributed by atoms with Crippen LogP contribution in [0.2, 0.25) is 0 Å². The normalized spacial score (nSPS) is 37.0. The van der Waals surface area contributed by atoms with Crippen LogP contribution in [0.15, 0.2) is 0 Å². The van der Waals surface area contributed by atoms with Gasteiger partial charge in [0.25, 0.3) is 0 Å². The monoisotopic (exact) mass is 302 g/mol. The van der Waals surface area contributed by atoms with E-state index < -0.39 is 10.0 Å². The molecule has 0 saturated carbocycles. The van der Waals surface area contributed by atoms with Gasteiger partial charge in [0.15, 0.2) is 0 Å². The Balaban J connectivity index is 1.66. The molecule has 3 atom stereocenters. The fourth-order valence-electron chi connectivity index (χ4n) is 3.82. The van der Waals surface area contributed by atoms with Crippen LogP contribution in [0.3, 0.4) is 0 Å².